The van der Waals surface area contributed by atoms with Gasteiger partial charge < -0.3 is 0 Å². The summed E-state index contributed by atoms with van der Waals surface area (Å²) in [4.78, 5) is 5.77. The molecule has 0 radical (unpaired) electrons. The van der Waals surface area contributed by atoms with Gasteiger partial charge in [0.2, 0.25) is 0 Å². The van der Waals surface area contributed by atoms with Crippen molar-refractivity contribution in [3.8, 4) is 6.07 Å². The van der Waals surface area contributed by atoms with Crippen molar-refractivity contribution in [3.05, 3.63) is 29.3 Å². The molecule has 0 atom stereocenters. The van der Waals surface area contributed by atoms with E-state index in [1.165, 1.54) is 11.3 Å². The summed E-state index contributed by atoms with van der Waals surface area (Å²) in [5, 5.41) is 9.62. The van der Waals surface area contributed by atoms with Crippen molar-refractivity contribution < 1.29 is 0 Å². The second-order valence-corrected chi connectivity index (χ2v) is 3.15. The van der Waals surface area contributed by atoms with E-state index in [1.54, 1.807) is 6.20 Å². The van der Waals surface area contributed by atoms with Crippen LogP contribution in [0.3, 0.4) is 0 Å². The summed E-state index contributed by atoms with van der Waals surface area (Å²) in [7, 11) is 0. The standard InChI is InChI=1S/C8H4N2S/c9-5-7-4-6-2-1-3-10-8(6)11-7/h1-4H. The third kappa shape index (κ3) is 0.975. The van der Waals surface area contributed by atoms with Gasteiger partial charge in [-0.2, -0.15) is 5.26 Å². The van der Waals surface area contributed by atoms with Crippen LogP contribution < -0.4 is 0 Å². The summed E-state index contributed by atoms with van der Waals surface area (Å²) >= 11 is 1.43. The number of nitrogens with zero attached hydrogens (tertiary/aromatic N) is 2. The number of hydrogen-bond acceptors (Lipinski definition) is 3. The van der Waals surface area contributed by atoms with Crippen molar-refractivity contribution in [1.29, 1.82) is 5.26 Å². The molecule has 0 aromatic carbocycles. The Morgan fingerprint density at radius 3 is 3.18 bits per heavy atom. The maximum absolute atomic E-state index is 8.57. The predicted octanol–water partition coefficient (Wildman–Crippen LogP) is 2.17. The van der Waals surface area contributed by atoms with Crippen molar-refractivity contribution in [2.24, 2.45) is 0 Å². The molecule has 0 unspecified atom stereocenters. The van der Waals surface area contributed by atoms with Gasteiger partial charge in [0.1, 0.15) is 15.8 Å². The first kappa shape index (κ1) is 6.32. The zero-order chi connectivity index (χ0) is 7.68. The molecule has 11 heavy (non-hydrogen) atoms. The SMILES string of the molecule is N#Cc1cc2cccnc2s1. The molecule has 2 nitrogen and oxygen atoms in total. The van der Waals surface area contributed by atoms with E-state index in [2.05, 4.69) is 11.1 Å². The highest BCUT2D eigenvalue weighted by Crippen LogP contribution is 2.21. The summed E-state index contributed by atoms with van der Waals surface area (Å²) in [5.41, 5.74) is 0. The summed E-state index contributed by atoms with van der Waals surface area (Å²) in [6, 6.07) is 7.78. The van der Waals surface area contributed by atoms with Gasteiger partial charge in [-0.1, -0.05) is 6.07 Å². The second-order valence-electron chi connectivity index (χ2n) is 2.12. The number of hydrogen-bond donors (Lipinski definition) is 0. The van der Waals surface area contributed by atoms with Crippen LogP contribution in [-0.2, 0) is 0 Å². The van der Waals surface area contributed by atoms with E-state index in [1.807, 2.05) is 18.2 Å². The van der Waals surface area contributed by atoms with Crippen molar-refractivity contribution in [3.63, 3.8) is 0 Å². The molecular formula is C8H4N2S. The molecule has 0 saturated heterocycles. The third-order valence-electron chi connectivity index (χ3n) is 1.40. The van der Waals surface area contributed by atoms with E-state index in [0.29, 0.717) is 0 Å². The van der Waals surface area contributed by atoms with Crippen LogP contribution in [0, 0.1) is 11.3 Å². The number of nitriles is 1. The van der Waals surface area contributed by atoms with E-state index in [9.17, 15) is 0 Å². The van der Waals surface area contributed by atoms with Crippen LogP contribution in [0.5, 0.6) is 0 Å². The Balaban J connectivity index is 2.81. The van der Waals surface area contributed by atoms with Crippen molar-refractivity contribution in [1.82, 2.24) is 4.98 Å². The smallest absolute Gasteiger partial charge is 0.124 e. The van der Waals surface area contributed by atoms with Gasteiger partial charge in [-0.15, -0.1) is 11.3 Å². The van der Waals surface area contributed by atoms with Crippen LogP contribution in [0.25, 0.3) is 10.2 Å². The molecule has 0 bridgehead atoms. The molecule has 0 aliphatic carbocycles. The fourth-order valence-electron chi connectivity index (χ4n) is 0.928. The fraction of sp³-hybridized carbons (Fsp3) is 0. The summed E-state index contributed by atoms with van der Waals surface area (Å²) < 4.78 is 0. The number of pyridine rings is 1. The molecule has 2 aromatic rings. The monoisotopic (exact) mass is 160 g/mol. The fourth-order valence-corrected chi connectivity index (χ4v) is 1.73. The van der Waals surface area contributed by atoms with Gasteiger partial charge in [0.25, 0.3) is 0 Å². The van der Waals surface area contributed by atoms with Crippen LogP contribution in [-0.4, -0.2) is 4.98 Å². The van der Waals surface area contributed by atoms with Crippen LogP contribution >= 0.6 is 11.3 Å². The first-order valence-corrected chi connectivity index (χ1v) is 3.96. The average molecular weight is 160 g/mol. The molecule has 0 aliphatic rings. The molecular weight excluding hydrogens is 156 g/mol. The zero-order valence-corrected chi connectivity index (χ0v) is 6.43. The van der Waals surface area contributed by atoms with Crippen LogP contribution in [0.4, 0.5) is 0 Å². The minimum Gasteiger partial charge on any atom is -0.245 e. The van der Waals surface area contributed by atoms with Gasteiger partial charge in [0, 0.05) is 11.6 Å². The van der Waals surface area contributed by atoms with Gasteiger partial charge in [-0.25, -0.2) is 4.98 Å². The topological polar surface area (TPSA) is 36.7 Å². The second kappa shape index (κ2) is 2.33. The minimum atomic E-state index is 0.721. The Morgan fingerprint density at radius 2 is 2.45 bits per heavy atom. The molecule has 52 valence electrons. The number of fused-ring (bicyclic) bond motifs is 1. The Labute approximate surface area is 67.7 Å². The maximum atomic E-state index is 8.57. The van der Waals surface area contributed by atoms with Gasteiger partial charge in [0.05, 0.1) is 0 Å². The molecule has 3 heteroatoms. The lowest BCUT2D eigenvalue weighted by Crippen LogP contribution is -1.65. The van der Waals surface area contributed by atoms with Crippen molar-refractivity contribution >= 4 is 21.6 Å². The number of aromatic nitrogens is 1. The number of thiophene rings is 1. The van der Waals surface area contributed by atoms with Gasteiger partial charge >= 0.3 is 0 Å². The normalized spacial score (nSPS) is 9.73. The van der Waals surface area contributed by atoms with Crippen LogP contribution in [0.1, 0.15) is 4.88 Å². The van der Waals surface area contributed by atoms with Gasteiger partial charge in [0.15, 0.2) is 0 Å². The lowest BCUT2D eigenvalue weighted by Gasteiger charge is -1.81. The Hall–Kier alpha value is -1.40. The van der Waals surface area contributed by atoms with Gasteiger partial charge in [-0.05, 0) is 12.1 Å². The molecule has 2 rings (SSSR count). The first-order valence-electron chi connectivity index (χ1n) is 3.15. The highest BCUT2D eigenvalue weighted by Gasteiger charge is 1.98. The molecule has 0 fully saturated rings. The minimum absolute atomic E-state index is 0.721. The largest absolute Gasteiger partial charge is 0.245 e. The van der Waals surface area contributed by atoms with Crippen LogP contribution in [0.2, 0.25) is 0 Å². The highest BCUT2D eigenvalue weighted by molar-refractivity contribution is 7.19. The van der Waals surface area contributed by atoms with Crippen LogP contribution in [0.15, 0.2) is 24.4 Å². The molecule has 0 spiro atoms. The molecule has 0 aliphatic heterocycles. The van der Waals surface area contributed by atoms with E-state index < -0.39 is 0 Å². The maximum Gasteiger partial charge on any atom is 0.124 e. The molecule has 0 amide bonds. The lowest BCUT2D eigenvalue weighted by molar-refractivity contribution is 1.45. The summed E-state index contributed by atoms with van der Waals surface area (Å²) in [5.74, 6) is 0. The van der Waals surface area contributed by atoms with Crippen molar-refractivity contribution in [2.45, 2.75) is 0 Å². The summed E-state index contributed by atoms with van der Waals surface area (Å²) in [6.07, 6.45) is 1.74. The third-order valence-corrected chi connectivity index (χ3v) is 2.37. The van der Waals surface area contributed by atoms with E-state index in [4.69, 9.17) is 5.26 Å². The number of rotatable bonds is 0. The quantitative estimate of drug-likeness (QED) is 0.592. The first-order chi connectivity index (χ1) is 5.40. The molecule has 2 aromatic heterocycles. The summed E-state index contributed by atoms with van der Waals surface area (Å²) in [6.45, 7) is 0. The molecule has 0 saturated carbocycles. The van der Waals surface area contributed by atoms with Crippen molar-refractivity contribution in [2.75, 3.05) is 0 Å². The van der Waals surface area contributed by atoms with E-state index in [-0.39, 0.29) is 0 Å². The van der Waals surface area contributed by atoms with Gasteiger partial charge in [-0.3, -0.25) is 0 Å². The van der Waals surface area contributed by atoms with E-state index in [0.717, 1.165) is 15.1 Å². The van der Waals surface area contributed by atoms with E-state index >= 15 is 0 Å². The Morgan fingerprint density at radius 1 is 1.55 bits per heavy atom. The predicted molar refractivity (Wildman–Crippen MR) is 44.3 cm³/mol. The molecule has 0 N–H and O–H groups in total. The highest BCUT2D eigenvalue weighted by atomic mass is 32.1. The lowest BCUT2D eigenvalue weighted by atomic mass is 10.3. The Bertz CT molecular complexity index is 392. The Kier molecular flexibility index (Phi) is 1.34. The molecule has 2 heterocycles. The average Bonchev–Trinajstić information content (AvgIpc) is 2.46. The zero-order valence-electron chi connectivity index (χ0n) is 5.61.